The maximum atomic E-state index is 12.9. The van der Waals surface area contributed by atoms with Crippen molar-refractivity contribution in [3.05, 3.63) is 84.2 Å². The first kappa shape index (κ1) is 25.3. The first-order valence-electron chi connectivity index (χ1n) is 10.5. The van der Waals surface area contributed by atoms with Crippen LogP contribution >= 0.6 is 11.3 Å². The minimum atomic E-state index is -3.77. The molecule has 0 bridgehead atoms. The predicted octanol–water partition coefficient (Wildman–Crippen LogP) is 3.37. The molecule has 178 valence electrons. The van der Waals surface area contributed by atoms with Crippen LogP contribution in [-0.2, 0) is 26.1 Å². The Morgan fingerprint density at radius 1 is 1.09 bits per heavy atom. The average Bonchev–Trinajstić information content (AvgIpc) is 3.16. The summed E-state index contributed by atoms with van der Waals surface area (Å²) in [7, 11) is -3.77. The molecule has 0 aliphatic heterocycles. The van der Waals surface area contributed by atoms with Gasteiger partial charge in [0.25, 0.3) is 5.91 Å². The van der Waals surface area contributed by atoms with Gasteiger partial charge in [0, 0.05) is 18.7 Å². The number of sulfonamides is 1. The van der Waals surface area contributed by atoms with E-state index in [1.54, 1.807) is 11.5 Å². The Morgan fingerprint density at radius 2 is 1.74 bits per heavy atom. The molecule has 0 atom stereocenters. The number of rotatable bonds is 10. The van der Waals surface area contributed by atoms with Crippen molar-refractivity contribution in [3.8, 4) is 0 Å². The molecule has 3 aromatic rings. The van der Waals surface area contributed by atoms with E-state index in [0.717, 1.165) is 10.2 Å². The number of benzene rings is 2. The van der Waals surface area contributed by atoms with E-state index in [4.69, 9.17) is 4.74 Å². The third-order valence-corrected chi connectivity index (χ3v) is 7.69. The highest BCUT2D eigenvalue weighted by molar-refractivity contribution is 7.89. The highest BCUT2D eigenvalue weighted by Gasteiger charge is 2.22. The van der Waals surface area contributed by atoms with Gasteiger partial charge >= 0.3 is 5.97 Å². The minimum absolute atomic E-state index is 0.0481. The number of hydrogen-bond acceptors (Lipinski definition) is 6. The Labute approximate surface area is 202 Å². The second kappa shape index (κ2) is 11.2. The number of fused-ring (bicyclic) bond motifs is 1. The number of thiazole rings is 1. The topological polar surface area (TPSA) is 98.0 Å². The van der Waals surface area contributed by atoms with Gasteiger partial charge in [-0.05, 0) is 43.3 Å². The van der Waals surface area contributed by atoms with Crippen LogP contribution in [0.15, 0.2) is 83.7 Å². The zero-order valence-electron chi connectivity index (χ0n) is 18.7. The van der Waals surface area contributed by atoms with E-state index in [1.807, 2.05) is 24.3 Å². The van der Waals surface area contributed by atoms with Crippen molar-refractivity contribution in [1.29, 1.82) is 0 Å². The van der Waals surface area contributed by atoms with Crippen LogP contribution in [0.2, 0.25) is 0 Å². The number of nitrogens with zero attached hydrogens (tertiary/aromatic N) is 3. The van der Waals surface area contributed by atoms with E-state index in [0.29, 0.717) is 4.80 Å². The van der Waals surface area contributed by atoms with Crippen LogP contribution in [0.3, 0.4) is 0 Å². The van der Waals surface area contributed by atoms with Gasteiger partial charge < -0.3 is 9.30 Å². The van der Waals surface area contributed by atoms with Crippen molar-refractivity contribution in [2.45, 2.75) is 18.4 Å². The molecule has 0 spiro atoms. The quantitative estimate of drug-likeness (QED) is 0.315. The van der Waals surface area contributed by atoms with Gasteiger partial charge in [-0.2, -0.15) is 9.30 Å². The Balaban J connectivity index is 1.95. The van der Waals surface area contributed by atoms with Crippen molar-refractivity contribution in [3.63, 3.8) is 0 Å². The molecule has 0 fully saturated rings. The van der Waals surface area contributed by atoms with E-state index >= 15 is 0 Å². The van der Waals surface area contributed by atoms with E-state index < -0.39 is 21.9 Å². The zero-order valence-corrected chi connectivity index (χ0v) is 20.3. The summed E-state index contributed by atoms with van der Waals surface area (Å²) in [5, 5.41) is 0. The second-order valence-electron chi connectivity index (χ2n) is 7.08. The number of amides is 1. The fourth-order valence-corrected chi connectivity index (χ4v) is 5.63. The number of aromatic nitrogens is 1. The predicted molar refractivity (Wildman–Crippen MR) is 132 cm³/mol. The summed E-state index contributed by atoms with van der Waals surface area (Å²) in [4.78, 5) is 29.6. The molecule has 2 aromatic carbocycles. The van der Waals surface area contributed by atoms with E-state index in [9.17, 15) is 18.0 Å². The van der Waals surface area contributed by atoms with E-state index in [-0.39, 0.29) is 36.7 Å². The van der Waals surface area contributed by atoms with Gasteiger partial charge in [0.1, 0.15) is 6.54 Å². The Bertz CT molecular complexity index is 1380. The van der Waals surface area contributed by atoms with Crippen LogP contribution in [0, 0.1) is 0 Å². The zero-order chi connectivity index (χ0) is 24.7. The molecular formula is C24H25N3O5S2. The maximum Gasteiger partial charge on any atom is 0.326 e. The summed E-state index contributed by atoms with van der Waals surface area (Å²) in [5.41, 5.74) is 0.983. The Hall–Kier alpha value is -3.34. The first-order chi connectivity index (χ1) is 16.3. The lowest BCUT2D eigenvalue weighted by Crippen LogP contribution is -2.31. The third kappa shape index (κ3) is 5.58. The molecule has 34 heavy (non-hydrogen) atoms. The summed E-state index contributed by atoms with van der Waals surface area (Å²) in [5.74, 6) is -0.986. The lowest BCUT2D eigenvalue weighted by Gasteiger charge is -2.19. The van der Waals surface area contributed by atoms with Crippen molar-refractivity contribution in [2.75, 3.05) is 19.7 Å². The molecule has 0 aliphatic carbocycles. The molecule has 0 radical (unpaired) electrons. The lowest BCUT2D eigenvalue weighted by atomic mass is 10.2. The highest BCUT2D eigenvalue weighted by atomic mass is 32.2. The van der Waals surface area contributed by atoms with Gasteiger partial charge in [-0.25, -0.2) is 8.42 Å². The third-order valence-electron chi connectivity index (χ3n) is 4.78. The second-order valence-corrected chi connectivity index (χ2v) is 10.0. The Kier molecular flexibility index (Phi) is 8.32. The van der Waals surface area contributed by atoms with Crippen molar-refractivity contribution in [1.82, 2.24) is 8.87 Å². The van der Waals surface area contributed by atoms with Crippen LogP contribution in [0.4, 0.5) is 0 Å². The van der Waals surface area contributed by atoms with Crippen LogP contribution in [-0.4, -0.2) is 48.9 Å². The van der Waals surface area contributed by atoms with Gasteiger partial charge in [0.2, 0.25) is 10.0 Å². The standard InChI is InChI=1S/C24H25N3O5S2/c1-4-15-26(16-5-2)34(30,31)19-13-11-18(12-14-19)23(29)25-24-27(17-22(28)32-6-3)20-9-7-8-10-21(20)33-24/h4-5,7-14H,1-2,6,15-17H2,3H3. The molecule has 0 N–H and O–H groups in total. The molecule has 1 amide bonds. The van der Waals surface area contributed by atoms with Gasteiger partial charge in [-0.15, -0.1) is 13.2 Å². The summed E-state index contributed by atoms with van der Waals surface area (Å²) in [6.07, 6.45) is 2.99. The molecular weight excluding hydrogens is 474 g/mol. The molecule has 0 unspecified atom stereocenters. The number of para-hydroxylation sites is 1. The summed E-state index contributed by atoms with van der Waals surface area (Å²) >= 11 is 1.28. The van der Waals surface area contributed by atoms with E-state index in [2.05, 4.69) is 18.2 Å². The van der Waals surface area contributed by atoms with Crippen molar-refractivity contribution < 1.29 is 22.7 Å². The SMILES string of the molecule is C=CCN(CC=C)S(=O)(=O)c1ccc(C(=O)N=c2sc3ccccc3n2CC(=O)OCC)cc1. The number of esters is 1. The molecule has 10 heteroatoms. The molecule has 1 heterocycles. The number of carbonyl (C=O) groups excluding carboxylic acids is 2. The van der Waals surface area contributed by atoms with Crippen LogP contribution in [0.1, 0.15) is 17.3 Å². The van der Waals surface area contributed by atoms with Gasteiger partial charge in [-0.1, -0.05) is 35.6 Å². The number of carbonyl (C=O) groups is 2. The molecule has 0 aliphatic rings. The molecule has 1 aromatic heterocycles. The van der Waals surface area contributed by atoms with Crippen LogP contribution < -0.4 is 4.80 Å². The van der Waals surface area contributed by atoms with Crippen molar-refractivity contribution >= 4 is 43.5 Å². The monoisotopic (exact) mass is 499 g/mol. The molecule has 0 saturated heterocycles. The summed E-state index contributed by atoms with van der Waals surface area (Å²) < 4.78 is 34.5. The number of hydrogen-bond donors (Lipinski definition) is 0. The maximum absolute atomic E-state index is 12.9. The minimum Gasteiger partial charge on any atom is -0.465 e. The van der Waals surface area contributed by atoms with Gasteiger partial charge in [0.05, 0.1) is 21.7 Å². The highest BCUT2D eigenvalue weighted by Crippen LogP contribution is 2.19. The van der Waals surface area contributed by atoms with Crippen LogP contribution in [0.5, 0.6) is 0 Å². The molecule has 3 rings (SSSR count). The molecule has 0 saturated carbocycles. The normalized spacial score (nSPS) is 12.1. The van der Waals surface area contributed by atoms with Crippen LogP contribution in [0.25, 0.3) is 10.2 Å². The van der Waals surface area contributed by atoms with Crippen molar-refractivity contribution in [2.24, 2.45) is 4.99 Å². The Morgan fingerprint density at radius 3 is 2.35 bits per heavy atom. The lowest BCUT2D eigenvalue weighted by molar-refractivity contribution is -0.143. The van der Waals surface area contributed by atoms with E-state index in [1.165, 1.54) is 52.1 Å². The smallest absolute Gasteiger partial charge is 0.326 e. The average molecular weight is 500 g/mol. The summed E-state index contributed by atoms with van der Waals surface area (Å²) in [6, 6.07) is 13.0. The fourth-order valence-electron chi connectivity index (χ4n) is 3.22. The fraction of sp³-hybridized carbons (Fsp3) is 0.208. The van der Waals surface area contributed by atoms with Gasteiger partial charge in [-0.3, -0.25) is 9.59 Å². The number of ether oxygens (including phenoxy) is 1. The molecule has 8 nitrogen and oxygen atoms in total. The van der Waals surface area contributed by atoms with Gasteiger partial charge in [0.15, 0.2) is 4.80 Å². The first-order valence-corrected chi connectivity index (χ1v) is 12.7. The largest absolute Gasteiger partial charge is 0.465 e. The summed E-state index contributed by atoms with van der Waals surface area (Å²) in [6.45, 7) is 9.35.